The van der Waals surface area contributed by atoms with Gasteiger partial charge in [-0.2, -0.15) is 0 Å². The Balaban J connectivity index is 1.73. The highest BCUT2D eigenvalue weighted by atomic mass is 32.2. The van der Waals surface area contributed by atoms with Crippen LogP contribution in [0.25, 0.3) is 0 Å². The van der Waals surface area contributed by atoms with Crippen molar-refractivity contribution in [3.63, 3.8) is 0 Å². The van der Waals surface area contributed by atoms with Crippen LogP contribution in [-0.4, -0.2) is 14.2 Å². The van der Waals surface area contributed by atoms with E-state index in [1.54, 1.807) is 30.5 Å². The van der Waals surface area contributed by atoms with Crippen LogP contribution >= 0.6 is 11.3 Å². The highest BCUT2D eigenvalue weighted by molar-refractivity contribution is 7.97. The summed E-state index contributed by atoms with van der Waals surface area (Å²) in [4.78, 5) is 12.9. The van der Waals surface area contributed by atoms with Gasteiger partial charge in [0.05, 0.1) is 12.2 Å². The van der Waals surface area contributed by atoms with Gasteiger partial charge in [0.2, 0.25) is 5.78 Å². The van der Waals surface area contributed by atoms with Gasteiger partial charge in [-0.15, -0.1) is 11.3 Å². The zero-order chi connectivity index (χ0) is 21.5. The van der Waals surface area contributed by atoms with Gasteiger partial charge in [0, 0.05) is 11.9 Å². The van der Waals surface area contributed by atoms with Crippen molar-refractivity contribution in [3.8, 4) is 0 Å². The number of thiophene rings is 1. The number of carbonyl (C=O) groups is 1. The first-order valence-electron chi connectivity index (χ1n) is 9.21. The maximum absolute atomic E-state index is 13.8. The van der Waals surface area contributed by atoms with Gasteiger partial charge >= 0.3 is 0 Å². The number of sulfonamides is 1. The van der Waals surface area contributed by atoms with Gasteiger partial charge in [-0.05, 0) is 48.6 Å². The van der Waals surface area contributed by atoms with Crippen LogP contribution in [0.2, 0.25) is 0 Å². The molecule has 2 heterocycles. The molecule has 0 aliphatic carbocycles. The number of hydrogen-bond donors (Lipinski definition) is 1. The van der Waals surface area contributed by atoms with Crippen LogP contribution in [0, 0.1) is 19.7 Å². The van der Waals surface area contributed by atoms with Gasteiger partial charge in [-0.1, -0.05) is 35.9 Å². The first-order chi connectivity index (χ1) is 14.3. The predicted molar refractivity (Wildman–Crippen MR) is 118 cm³/mol. The molecule has 3 aromatic rings. The van der Waals surface area contributed by atoms with Gasteiger partial charge in [0.25, 0.3) is 10.0 Å². The zero-order valence-electron chi connectivity index (χ0n) is 16.3. The van der Waals surface area contributed by atoms with Crippen LogP contribution < -0.4 is 9.62 Å². The van der Waals surface area contributed by atoms with Crippen molar-refractivity contribution < 1.29 is 17.6 Å². The third kappa shape index (κ3) is 3.64. The summed E-state index contributed by atoms with van der Waals surface area (Å²) in [5.74, 6) is -0.988. The minimum Gasteiger partial charge on any atom is -0.360 e. The summed E-state index contributed by atoms with van der Waals surface area (Å²) >= 11 is 1.20. The second kappa shape index (κ2) is 7.70. The van der Waals surface area contributed by atoms with Crippen LogP contribution in [0.4, 0.5) is 15.8 Å². The van der Waals surface area contributed by atoms with Gasteiger partial charge in [-0.25, -0.2) is 12.8 Å². The number of anilines is 2. The molecule has 4 rings (SSSR count). The summed E-state index contributed by atoms with van der Waals surface area (Å²) in [5, 5.41) is 4.46. The lowest BCUT2D eigenvalue weighted by atomic mass is 10.1. The van der Waals surface area contributed by atoms with Crippen LogP contribution in [0.3, 0.4) is 0 Å². The van der Waals surface area contributed by atoms with E-state index >= 15 is 0 Å². The lowest BCUT2D eigenvalue weighted by Crippen LogP contribution is -2.38. The van der Waals surface area contributed by atoms with E-state index in [1.165, 1.54) is 21.7 Å². The minimum absolute atomic E-state index is 0.107. The number of allylic oxidation sites excluding steroid dienone is 1. The summed E-state index contributed by atoms with van der Waals surface area (Å²) in [7, 11) is -4.10. The summed E-state index contributed by atoms with van der Waals surface area (Å²) in [5.41, 5.74) is 3.09. The minimum atomic E-state index is -4.10. The number of fused-ring (bicyclic) bond motifs is 1. The highest BCUT2D eigenvalue weighted by Crippen LogP contribution is 2.39. The monoisotopic (exact) mass is 442 g/mol. The molecule has 0 bridgehead atoms. The molecule has 0 saturated carbocycles. The molecule has 30 heavy (non-hydrogen) atoms. The molecular formula is C22H19FN2O3S2. The largest absolute Gasteiger partial charge is 0.360 e. The Kier molecular flexibility index (Phi) is 5.21. The molecule has 0 spiro atoms. The average Bonchev–Trinajstić information content (AvgIpc) is 3.19. The molecule has 0 saturated heterocycles. The predicted octanol–water partition coefficient (Wildman–Crippen LogP) is 4.99. The maximum atomic E-state index is 13.8. The number of nitrogens with zero attached hydrogens (tertiary/aromatic N) is 1. The lowest BCUT2D eigenvalue weighted by molar-refractivity contribution is 0.104. The van der Waals surface area contributed by atoms with Crippen molar-refractivity contribution in [2.75, 3.05) is 9.62 Å². The maximum Gasteiger partial charge on any atom is 0.270 e. The fraction of sp³-hybridized carbons (Fsp3) is 0.136. The first-order valence-corrected chi connectivity index (χ1v) is 11.5. The zero-order valence-corrected chi connectivity index (χ0v) is 18.0. The number of hydrogen-bond acceptors (Lipinski definition) is 5. The number of rotatable bonds is 4. The van der Waals surface area contributed by atoms with E-state index in [1.807, 2.05) is 31.2 Å². The van der Waals surface area contributed by atoms with Crippen molar-refractivity contribution >= 4 is 38.5 Å². The lowest BCUT2D eigenvalue weighted by Gasteiger charge is -2.29. The number of aryl methyl sites for hydroxylation is 2. The first kappa shape index (κ1) is 20.3. The Morgan fingerprint density at radius 1 is 1.10 bits per heavy atom. The van der Waals surface area contributed by atoms with Crippen molar-refractivity contribution in [1.29, 1.82) is 0 Å². The smallest absolute Gasteiger partial charge is 0.270 e. The fourth-order valence-corrected chi connectivity index (χ4v) is 5.63. The molecule has 0 fully saturated rings. The number of nitrogens with one attached hydrogen (secondary N) is 1. The number of halogens is 1. The van der Waals surface area contributed by atoms with Crippen molar-refractivity contribution in [1.82, 2.24) is 0 Å². The fourth-order valence-electron chi connectivity index (χ4n) is 3.15. The Hall–Kier alpha value is -2.97. The molecule has 1 aromatic heterocycles. The summed E-state index contributed by atoms with van der Waals surface area (Å²) < 4.78 is 41.7. The summed E-state index contributed by atoms with van der Waals surface area (Å²) in [6, 6.07) is 13.7. The van der Waals surface area contributed by atoms with E-state index in [2.05, 4.69) is 5.32 Å². The second-order valence-electron chi connectivity index (χ2n) is 7.08. The number of Topliss-reactive ketones (excluding diaryl/α,β-unsaturated/α-hetero) is 1. The van der Waals surface area contributed by atoms with E-state index in [0.717, 1.165) is 17.3 Å². The summed E-state index contributed by atoms with van der Waals surface area (Å²) in [6.07, 6.45) is 1.15. The van der Waals surface area contributed by atoms with Gasteiger partial charge < -0.3 is 5.32 Å². The van der Waals surface area contributed by atoms with Crippen molar-refractivity contribution in [3.05, 3.63) is 92.4 Å². The molecule has 2 aromatic carbocycles. The Morgan fingerprint density at radius 2 is 1.83 bits per heavy atom. The topological polar surface area (TPSA) is 66.5 Å². The van der Waals surface area contributed by atoms with Gasteiger partial charge in [0.15, 0.2) is 4.91 Å². The molecule has 5 nitrogen and oxygen atoms in total. The summed E-state index contributed by atoms with van der Waals surface area (Å²) in [6.45, 7) is 3.70. The van der Waals surface area contributed by atoms with Crippen LogP contribution in [0.1, 0.15) is 26.4 Å². The molecule has 0 unspecified atom stereocenters. The van der Waals surface area contributed by atoms with Crippen molar-refractivity contribution in [2.24, 2.45) is 0 Å². The van der Waals surface area contributed by atoms with Crippen LogP contribution in [0.5, 0.6) is 0 Å². The van der Waals surface area contributed by atoms with E-state index in [-0.39, 0.29) is 11.4 Å². The molecule has 8 heteroatoms. The van der Waals surface area contributed by atoms with E-state index in [4.69, 9.17) is 0 Å². The molecule has 1 aliphatic heterocycles. The molecular weight excluding hydrogens is 423 g/mol. The standard InChI is InChI=1S/C22H19FN2O3S2/c1-14-3-6-16(7-4-14)13-25-19-9-10-29-22(19)21(26)20(30(25,27)28)12-24-17-8-5-15(2)18(23)11-17/h3-12,24H,13H2,1-2H3. The SMILES string of the molecule is Cc1ccc(CN2c3ccsc3C(=O)C(=CNc3ccc(C)c(F)c3)S2(=O)=O)cc1. The quantitative estimate of drug-likeness (QED) is 0.578. The average molecular weight is 443 g/mol. The number of carbonyl (C=O) groups excluding carboxylic acids is 1. The molecule has 1 N–H and O–H groups in total. The third-order valence-electron chi connectivity index (χ3n) is 4.90. The van der Waals surface area contributed by atoms with E-state index in [9.17, 15) is 17.6 Å². The Labute approximate surface area is 178 Å². The molecule has 0 radical (unpaired) electrons. The van der Waals surface area contributed by atoms with E-state index < -0.39 is 21.6 Å². The van der Waals surface area contributed by atoms with Crippen LogP contribution in [-0.2, 0) is 16.6 Å². The van der Waals surface area contributed by atoms with Crippen LogP contribution in [0.15, 0.2) is 65.0 Å². The molecule has 1 aliphatic rings. The molecule has 0 amide bonds. The highest BCUT2D eigenvalue weighted by Gasteiger charge is 2.41. The Bertz CT molecular complexity index is 1260. The third-order valence-corrected chi connectivity index (χ3v) is 7.57. The van der Waals surface area contributed by atoms with Gasteiger partial charge in [0.1, 0.15) is 10.7 Å². The number of benzene rings is 2. The second-order valence-corrected chi connectivity index (χ2v) is 9.83. The van der Waals surface area contributed by atoms with E-state index in [0.29, 0.717) is 21.8 Å². The van der Waals surface area contributed by atoms with Crippen molar-refractivity contribution in [2.45, 2.75) is 20.4 Å². The molecule has 0 atom stereocenters. The Morgan fingerprint density at radius 3 is 2.53 bits per heavy atom. The normalized spacial score (nSPS) is 16.6. The number of ketones is 1. The van der Waals surface area contributed by atoms with Gasteiger partial charge in [-0.3, -0.25) is 9.10 Å². The molecule has 154 valence electrons.